The lowest BCUT2D eigenvalue weighted by Gasteiger charge is -2.15. The van der Waals surface area contributed by atoms with Gasteiger partial charge < -0.3 is 10.1 Å². The molecule has 8 heteroatoms. The number of nitrogens with one attached hydrogen (secondary N) is 1. The molecule has 0 aliphatic rings. The minimum atomic E-state index is -0.191. The Morgan fingerprint density at radius 1 is 1.25 bits per heavy atom. The number of benzene rings is 1. The van der Waals surface area contributed by atoms with Crippen LogP contribution in [0.15, 0.2) is 36.5 Å². The number of ether oxygens (including phenoxy) is 1. The van der Waals surface area contributed by atoms with E-state index in [-0.39, 0.29) is 11.9 Å². The lowest BCUT2D eigenvalue weighted by Crippen LogP contribution is -2.27. The number of fused-ring (bicyclic) bond motifs is 1. The smallest absolute Gasteiger partial charge is 0.252 e. The van der Waals surface area contributed by atoms with Crippen molar-refractivity contribution in [2.45, 2.75) is 40.3 Å². The Bertz CT molecular complexity index is 1300. The number of carbonyl (C=O) groups is 1. The summed E-state index contributed by atoms with van der Waals surface area (Å²) in [6, 6.07) is 9.28. The summed E-state index contributed by atoms with van der Waals surface area (Å²) in [7, 11) is 3.47. The number of amides is 1. The first-order valence-electron chi connectivity index (χ1n) is 10.7. The molecular formula is C24H28N6O2. The molecule has 3 heterocycles. The Hall–Kier alpha value is -3.68. The molecule has 0 bridgehead atoms. The molecule has 0 aliphatic heterocycles. The van der Waals surface area contributed by atoms with Gasteiger partial charge in [-0.15, -0.1) is 0 Å². The number of rotatable bonds is 6. The van der Waals surface area contributed by atoms with Crippen LogP contribution in [0.3, 0.4) is 0 Å². The number of nitrogens with zero attached hydrogens (tertiary/aromatic N) is 5. The number of aromatic nitrogens is 5. The zero-order valence-electron chi connectivity index (χ0n) is 19.3. The highest BCUT2D eigenvalue weighted by Gasteiger charge is 2.22. The predicted molar refractivity (Wildman–Crippen MR) is 124 cm³/mol. The maximum atomic E-state index is 13.5. The molecule has 1 amide bonds. The summed E-state index contributed by atoms with van der Waals surface area (Å²) in [6.45, 7) is 8.72. The van der Waals surface area contributed by atoms with Crippen molar-refractivity contribution in [3.8, 4) is 17.0 Å². The lowest BCUT2D eigenvalue weighted by atomic mass is 10.0. The molecule has 0 fully saturated rings. The second kappa shape index (κ2) is 8.45. The van der Waals surface area contributed by atoms with Crippen LogP contribution in [0.4, 0.5) is 0 Å². The van der Waals surface area contributed by atoms with Crippen molar-refractivity contribution < 1.29 is 9.53 Å². The quantitative estimate of drug-likeness (QED) is 0.498. The molecule has 0 aliphatic carbocycles. The molecule has 1 N–H and O–H groups in total. The normalized spacial score (nSPS) is 12.2. The summed E-state index contributed by atoms with van der Waals surface area (Å²) in [5.74, 6) is 0.558. The average Bonchev–Trinajstić information content (AvgIpc) is 3.31. The van der Waals surface area contributed by atoms with Crippen LogP contribution >= 0.6 is 0 Å². The lowest BCUT2D eigenvalue weighted by molar-refractivity contribution is 0.0941. The van der Waals surface area contributed by atoms with E-state index in [1.165, 1.54) is 0 Å². The molecule has 0 unspecified atom stereocenters. The van der Waals surface area contributed by atoms with Crippen LogP contribution in [0.5, 0.6) is 5.75 Å². The second-order valence-electron chi connectivity index (χ2n) is 7.89. The summed E-state index contributed by atoms with van der Waals surface area (Å²) in [5, 5.41) is 12.8. The fourth-order valence-corrected chi connectivity index (χ4v) is 4.11. The Morgan fingerprint density at radius 3 is 2.72 bits per heavy atom. The molecule has 0 saturated carbocycles. The van der Waals surface area contributed by atoms with Gasteiger partial charge in [0.25, 0.3) is 5.91 Å². The minimum absolute atomic E-state index is 0.172. The third kappa shape index (κ3) is 3.72. The van der Waals surface area contributed by atoms with Gasteiger partial charge in [0.1, 0.15) is 5.75 Å². The van der Waals surface area contributed by atoms with Gasteiger partial charge >= 0.3 is 0 Å². The van der Waals surface area contributed by atoms with Crippen molar-refractivity contribution in [2.75, 3.05) is 7.11 Å². The molecule has 0 saturated heterocycles. The predicted octanol–water partition coefficient (Wildman–Crippen LogP) is 3.97. The topological polar surface area (TPSA) is 86.9 Å². The molecule has 3 aromatic heterocycles. The van der Waals surface area contributed by atoms with Gasteiger partial charge in [-0.25, -0.2) is 4.98 Å². The number of pyridine rings is 1. The first-order chi connectivity index (χ1) is 15.3. The fourth-order valence-electron chi connectivity index (χ4n) is 4.11. The molecule has 166 valence electrons. The SMILES string of the molecule is CCn1ncc([C@H](C)NC(=O)c2cc(-c3cccc(OC)c3)nc3c2c(C)nn3C)c1C. The Kier molecular flexibility index (Phi) is 5.69. The fraction of sp³-hybridized carbons (Fsp3) is 0.333. The molecule has 1 aromatic carbocycles. The van der Waals surface area contributed by atoms with E-state index in [1.54, 1.807) is 11.8 Å². The van der Waals surface area contributed by atoms with Gasteiger partial charge in [0.05, 0.1) is 41.7 Å². The molecule has 32 heavy (non-hydrogen) atoms. The second-order valence-corrected chi connectivity index (χ2v) is 7.89. The van der Waals surface area contributed by atoms with Gasteiger partial charge in [0.2, 0.25) is 0 Å². The van der Waals surface area contributed by atoms with Crippen LogP contribution in [0.2, 0.25) is 0 Å². The van der Waals surface area contributed by atoms with E-state index in [4.69, 9.17) is 9.72 Å². The first kappa shape index (κ1) is 21.5. The van der Waals surface area contributed by atoms with Crippen LogP contribution in [0.1, 0.15) is 47.2 Å². The number of hydrogen-bond donors (Lipinski definition) is 1. The summed E-state index contributed by atoms with van der Waals surface area (Å²) < 4.78 is 9.00. The Labute approximate surface area is 187 Å². The van der Waals surface area contributed by atoms with E-state index in [9.17, 15) is 4.79 Å². The van der Waals surface area contributed by atoms with Crippen LogP contribution in [0.25, 0.3) is 22.3 Å². The molecule has 8 nitrogen and oxygen atoms in total. The molecule has 0 spiro atoms. The third-order valence-corrected chi connectivity index (χ3v) is 5.83. The van der Waals surface area contributed by atoms with Crippen molar-refractivity contribution in [3.05, 3.63) is 59.0 Å². The first-order valence-corrected chi connectivity index (χ1v) is 10.7. The van der Waals surface area contributed by atoms with Gasteiger partial charge in [-0.1, -0.05) is 12.1 Å². The van der Waals surface area contributed by atoms with Crippen molar-refractivity contribution in [2.24, 2.45) is 7.05 Å². The van der Waals surface area contributed by atoms with Gasteiger partial charge in [0, 0.05) is 30.4 Å². The summed E-state index contributed by atoms with van der Waals surface area (Å²) in [4.78, 5) is 18.3. The summed E-state index contributed by atoms with van der Waals surface area (Å²) in [5.41, 5.74) is 5.58. The van der Waals surface area contributed by atoms with Crippen molar-refractivity contribution >= 4 is 16.9 Å². The van der Waals surface area contributed by atoms with Gasteiger partial charge in [-0.05, 0) is 45.9 Å². The van der Waals surface area contributed by atoms with Crippen molar-refractivity contribution in [1.82, 2.24) is 29.9 Å². The number of methoxy groups -OCH3 is 1. The summed E-state index contributed by atoms with van der Waals surface area (Å²) in [6.07, 6.45) is 1.82. The maximum Gasteiger partial charge on any atom is 0.252 e. The standard InChI is InChI=1S/C24H28N6O2/c1-7-30-16(4)20(13-25-30)14(2)26-24(31)19-12-21(17-9-8-10-18(11-17)32-6)27-23-22(19)15(3)28-29(23)5/h8-14H,7H2,1-6H3,(H,26,31)/t14-/m0/s1. The molecule has 0 radical (unpaired) electrons. The highest BCUT2D eigenvalue weighted by Crippen LogP contribution is 2.29. The third-order valence-electron chi connectivity index (χ3n) is 5.83. The zero-order valence-corrected chi connectivity index (χ0v) is 19.3. The molecule has 1 atom stereocenters. The van der Waals surface area contributed by atoms with E-state index in [1.807, 2.05) is 76.0 Å². The monoisotopic (exact) mass is 432 g/mol. The summed E-state index contributed by atoms with van der Waals surface area (Å²) >= 11 is 0. The van der Waals surface area contributed by atoms with Crippen LogP contribution in [0, 0.1) is 13.8 Å². The molecule has 4 aromatic rings. The minimum Gasteiger partial charge on any atom is -0.497 e. The highest BCUT2D eigenvalue weighted by molar-refractivity contribution is 6.07. The number of aryl methyl sites for hydroxylation is 3. The highest BCUT2D eigenvalue weighted by atomic mass is 16.5. The number of carbonyl (C=O) groups excluding carboxylic acids is 1. The van der Waals surface area contributed by atoms with Gasteiger partial charge in [-0.3, -0.25) is 14.2 Å². The van der Waals surface area contributed by atoms with Crippen molar-refractivity contribution in [3.63, 3.8) is 0 Å². The van der Waals surface area contributed by atoms with Gasteiger partial charge in [0.15, 0.2) is 5.65 Å². The van der Waals surface area contributed by atoms with E-state index in [0.717, 1.165) is 40.2 Å². The molecule has 4 rings (SSSR count). The largest absolute Gasteiger partial charge is 0.497 e. The Balaban J connectivity index is 1.78. The zero-order chi connectivity index (χ0) is 23.0. The van der Waals surface area contributed by atoms with E-state index < -0.39 is 0 Å². The van der Waals surface area contributed by atoms with E-state index in [0.29, 0.717) is 16.9 Å². The maximum absolute atomic E-state index is 13.5. The average molecular weight is 433 g/mol. The van der Waals surface area contributed by atoms with Crippen LogP contribution in [-0.2, 0) is 13.6 Å². The van der Waals surface area contributed by atoms with Crippen LogP contribution < -0.4 is 10.1 Å². The number of hydrogen-bond acceptors (Lipinski definition) is 5. The van der Waals surface area contributed by atoms with Crippen molar-refractivity contribution in [1.29, 1.82) is 0 Å². The van der Waals surface area contributed by atoms with Gasteiger partial charge in [-0.2, -0.15) is 10.2 Å². The van der Waals surface area contributed by atoms with Crippen LogP contribution in [-0.4, -0.2) is 37.6 Å². The Morgan fingerprint density at radius 2 is 2.03 bits per heavy atom. The van der Waals surface area contributed by atoms with E-state index in [2.05, 4.69) is 15.5 Å². The van der Waals surface area contributed by atoms with E-state index >= 15 is 0 Å². The molecular weight excluding hydrogens is 404 g/mol.